The molecule has 0 aromatic heterocycles. The maximum atomic E-state index is 12.3. The first-order valence-corrected chi connectivity index (χ1v) is 3.11. The quantitative estimate of drug-likeness (QED) is 0.339. The number of isocyanates is 1. The summed E-state index contributed by atoms with van der Waals surface area (Å²) in [5.74, 6) is 0.0760. The zero-order chi connectivity index (χ0) is 7.61. The third-order valence-electron chi connectivity index (χ3n) is 1.44. The molecule has 0 aliphatic heterocycles. The highest BCUT2D eigenvalue weighted by Gasteiger charge is 2.36. The first-order chi connectivity index (χ1) is 4.64. The molecule has 2 nitrogen and oxygen atoms in total. The predicted molar refractivity (Wildman–Crippen MR) is 30.4 cm³/mol. The van der Waals surface area contributed by atoms with Crippen LogP contribution < -0.4 is 0 Å². The van der Waals surface area contributed by atoms with E-state index in [9.17, 15) is 13.6 Å². The number of aliphatic imine (C=N–C) groups is 1. The smallest absolute Gasteiger partial charge is 0.211 e. The summed E-state index contributed by atoms with van der Waals surface area (Å²) in [7, 11) is 0. The number of hydrogen-bond donors (Lipinski definition) is 0. The maximum Gasteiger partial charge on any atom is 0.352 e. The Morgan fingerprint density at radius 3 is 2.60 bits per heavy atom. The third-order valence-corrected chi connectivity index (χ3v) is 1.44. The van der Waals surface area contributed by atoms with Gasteiger partial charge in [0.15, 0.2) is 0 Å². The summed E-state index contributed by atoms with van der Waals surface area (Å²) in [5, 5.41) is 0. The highest BCUT2D eigenvalue weighted by Crippen LogP contribution is 2.39. The molecule has 10 heavy (non-hydrogen) atoms. The van der Waals surface area contributed by atoms with E-state index >= 15 is 0 Å². The number of carbonyl (C=O) groups excluding carboxylic acids is 1. The van der Waals surface area contributed by atoms with E-state index in [1.807, 2.05) is 0 Å². The van der Waals surface area contributed by atoms with Crippen molar-refractivity contribution in [1.82, 2.24) is 0 Å². The average molecular weight is 147 g/mol. The first-order valence-electron chi connectivity index (χ1n) is 3.11. The van der Waals surface area contributed by atoms with Crippen molar-refractivity contribution in [3.63, 3.8) is 0 Å². The van der Waals surface area contributed by atoms with Gasteiger partial charge in [0.1, 0.15) is 0 Å². The Morgan fingerprint density at radius 1 is 1.60 bits per heavy atom. The molecule has 4 heteroatoms. The topological polar surface area (TPSA) is 29.4 Å². The van der Waals surface area contributed by atoms with Crippen LogP contribution in [0.2, 0.25) is 0 Å². The number of nitrogens with zero attached hydrogens (tertiary/aromatic N) is 1. The molecule has 0 bridgehead atoms. The Balaban J connectivity index is 2.40. The van der Waals surface area contributed by atoms with E-state index in [4.69, 9.17) is 0 Å². The van der Waals surface area contributed by atoms with Crippen molar-refractivity contribution in [3.8, 4) is 0 Å². The summed E-state index contributed by atoms with van der Waals surface area (Å²) in [6.07, 6.45) is 2.25. The van der Waals surface area contributed by atoms with Gasteiger partial charge in [-0.1, -0.05) is 0 Å². The van der Waals surface area contributed by atoms with Crippen LogP contribution in [0.25, 0.3) is 0 Å². The maximum absolute atomic E-state index is 12.3. The molecule has 1 saturated carbocycles. The molecule has 0 heterocycles. The highest BCUT2D eigenvalue weighted by molar-refractivity contribution is 5.33. The molecule has 1 aliphatic rings. The Kier molecular flexibility index (Phi) is 1.81. The SMILES string of the molecule is O=C=NC(F)(F)CC1CC1. The van der Waals surface area contributed by atoms with Crippen molar-refractivity contribution in [2.24, 2.45) is 10.9 Å². The van der Waals surface area contributed by atoms with Crippen LogP contribution in [0.3, 0.4) is 0 Å². The van der Waals surface area contributed by atoms with Crippen LogP contribution in [0.1, 0.15) is 19.3 Å². The largest absolute Gasteiger partial charge is 0.352 e. The first kappa shape index (κ1) is 7.35. The molecule has 0 atom stereocenters. The van der Waals surface area contributed by atoms with E-state index in [2.05, 4.69) is 4.99 Å². The van der Waals surface area contributed by atoms with Gasteiger partial charge in [0, 0.05) is 6.42 Å². The van der Waals surface area contributed by atoms with Gasteiger partial charge in [-0.3, -0.25) is 0 Å². The molecule has 1 aliphatic carbocycles. The summed E-state index contributed by atoms with van der Waals surface area (Å²) in [5.41, 5.74) is 0. The average Bonchev–Trinajstić information content (AvgIpc) is 2.48. The minimum absolute atomic E-state index is 0.0760. The summed E-state index contributed by atoms with van der Waals surface area (Å²) >= 11 is 0. The van der Waals surface area contributed by atoms with Crippen molar-refractivity contribution >= 4 is 6.08 Å². The fourth-order valence-electron chi connectivity index (χ4n) is 0.782. The van der Waals surface area contributed by atoms with Crippen LogP contribution in [0.5, 0.6) is 0 Å². The minimum Gasteiger partial charge on any atom is -0.211 e. The van der Waals surface area contributed by atoms with Crippen LogP contribution in [-0.2, 0) is 4.79 Å². The van der Waals surface area contributed by atoms with Crippen molar-refractivity contribution < 1.29 is 13.6 Å². The van der Waals surface area contributed by atoms with Crippen LogP contribution in [-0.4, -0.2) is 12.1 Å². The van der Waals surface area contributed by atoms with Crippen molar-refractivity contribution in [1.29, 1.82) is 0 Å². The van der Waals surface area contributed by atoms with Crippen LogP contribution in [0, 0.1) is 5.92 Å². The molecule has 0 aromatic carbocycles. The molecule has 56 valence electrons. The fraction of sp³-hybridized carbons (Fsp3) is 0.833. The van der Waals surface area contributed by atoms with E-state index in [0.717, 1.165) is 18.9 Å². The summed E-state index contributed by atoms with van der Waals surface area (Å²) in [6, 6.07) is -3.16. The number of rotatable bonds is 3. The number of alkyl halides is 2. The molecule has 0 unspecified atom stereocenters. The summed E-state index contributed by atoms with van der Waals surface area (Å²) in [4.78, 5) is 11.8. The van der Waals surface area contributed by atoms with Crippen LogP contribution in [0.15, 0.2) is 4.99 Å². The van der Waals surface area contributed by atoms with Crippen molar-refractivity contribution in [2.45, 2.75) is 25.3 Å². The lowest BCUT2D eigenvalue weighted by Gasteiger charge is -2.05. The van der Waals surface area contributed by atoms with Gasteiger partial charge in [0.2, 0.25) is 6.08 Å². The second-order valence-corrected chi connectivity index (χ2v) is 2.52. The normalized spacial score (nSPS) is 18.2. The molecule has 0 amide bonds. The van der Waals surface area contributed by atoms with Gasteiger partial charge in [-0.15, -0.1) is 4.99 Å². The molecular weight excluding hydrogens is 140 g/mol. The second kappa shape index (κ2) is 2.46. The molecule has 0 radical (unpaired) electrons. The molecule has 0 saturated heterocycles. The van der Waals surface area contributed by atoms with Gasteiger partial charge < -0.3 is 0 Å². The number of halogens is 2. The van der Waals surface area contributed by atoms with E-state index in [1.54, 1.807) is 0 Å². The third kappa shape index (κ3) is 2.23. The van der Waals surface area contributed by atoms with Gasteiger partial charge in [-0.05, 0) is 18.8 Å². The van der Waals surface area contributed by atoms with Gasteiger partial charge >= 0.3 is 6.05 Å². The second-order valence-electron chi connectivity index (χ2n) is 2.52. The molecule has 1 rings (SSSR count). The lowest BCUT2D eigenvalue weighted by molar-refractivity contribution is -0.00317. The molecule has 0 spiro atoms. The summed E-state index contributed by atoms with van der Waals surface area (Å²) in [6.45, 7) is 0. The number of hydrogen-bond acceptors (Lipinski definition) is 2. The monoisotopic (exact) mass is 147 g/mol. The lowest BCUT2D eigenvalue weighted by atomic mass is 10.2. The van der Waals surface area contributed by atoms with Crippen LogP contribution in [0.4, 0.5) is 8.78 Å². The van der Waals surface area contributed by atoms with Gasteiger partial charge in [-0.25, -0.2) is 4.79 Å². The minimum atomic E-state index is -3.16. The Labute approximate surface area is 56.9 Å². The van der Waals surface area contributed by atoms with E-state index in [-0.39, 0.29) is 12.3 Å². The lowest BCUT2D eigenvalue weighted by Crippen LogP contribution is -2.12. The molecule has 0 aromatic rings. The fourth-order valence-corrected chi connectivity index (χ4v) is 0.782. The van der Waals surface area contributed by atoms with E-state index in [1.165, 1.54) is 0 Å². The van der Waals surface area contributed by atoms with Crippen LogP contribution >= 0.6 is 0 Å². The Morgan fingerprint density at radius 2 is 2.20 bits per heavy atom. The predicted octanol–water partition coefficient (Wildman–Crippen LogP) is 1.72. The van der Waals surface area contributed by atoms with Gasteiger partial charge in [0.25, 0.3) is 0 Å². The zero-order valence-electron chi connectivity index (χ0n) is 5.31. The van der Waals surface area contributed by atoms with Gasteiger partial charge in [0.05, 0.1) is 0 Å². The van der Waals surface area contributed by atoms with Crippen molar-refractivity contribution in [3.05, 3.63) is 0 Å². The zero-order valence-corrected chi connectivity index (χ0v) is 5.31. The van der Waals surface area contributed by atoms with E-state index in [0.29, 0.717) is 0 Å². The standard InChI is InChI=1S/C6H7F2NO/c7-6(8,9-4-10)3-5-1-2-5/h5H,1-3H2. The van der Waals surface area contributed by atoms with Crippen molar-refractivity contribution in [2.75, 3.05) is 0 Å². The molecule has 1 fully saturated rings. The van der Waals surface area contributed by atoms with E-state index < -0.39 is 6.05 Å². The molecular formula is C6H7F2NO. The summed E-state index contributed by atoms with van der Waals surface area (Å²) < 4.78 is 24.6. The Bertz CT molecular complexity index is 171. The Hall–Kier alpha value is -0.760. The van der Waals surface area contributed by atoms with Gasteiger partial charge in [-0.2, -0.15) is 8.78 Å². The molecule has 0 N–H and O–H groups in total. The highest BCUT2D eigenvalue weighted by atomic mass is 19.3.